The quantitative estimate of drug-likeness (QED) is 0.809. The van der Waals surface area contributed by atoms with Gasteiger partial charge in [0.25, 0.3) is 5.91 Å². The second-order valence-corrected chi connectivity index (χ2v) is 12.9. The highest BCUT2D eigenvalue weighted by molar-refractivity contribution is 6.74. The van der Waals surface area contributed by atoms with E-state index in [0.29, 0.717) is 30.5 Å². The van der Waals surface area contributed by atoms with Gasteiger partial charge in [0.15, 0.2) is 26.5 Å². The minimum absolute atomic E-state index is 0.0351. The molecule has 9 heteroatoms. The van der Waals surface area contributed by atoms with Crippen molar-refractivity contribution in [3.8, 4) is 5.75 Å². The molecule has 1 aromatic rings. The number of ether oxygens (including phenoxy) is 2. The van der Waals surface area contributed by atoms with Crippen LogP contribution in [0.5, 0.6) is 5.75 Å². The molecule has 1 fully saturated rings. The van der Waals surface area contributed by atoms with E-state index in [1.807, 2.05) is 0 Å². The number of pyridine rings is 1. The minimum atomic E-state index is -1.91. The number of fused-ring (bicyclic) bond motifs is 1. The number of rotatable bonds is 4. The number of amides is 2. The SMILES string of the molecule is CC(C)(C)[Si](C)(C)OC[C@H]1CN(c2ccc3c(n2)NC(=O)CO3)C(=O)O1. The van der Waals surface area contributed by atoms with Crippen LogP contribution in [0, 0.1) is 0 Å². The van der Waals surface area contributed by atoms with Crippen molar-refractivity contribution in [2.45, 2.75) is 45.0 Å². The van der Waals surface area contributed by atoms with Gasteiger partial charge in [-0.05, 0) is 30.3 Å². The maximum absolute atomic E-state index is 12.2. The molecule has 1 saturated heterocycles. The second-order valence-electron chi connectivity index (χ2n) is 8.04. The van der Waals surface area contributed by atoms with Gasteiger partial charge in [-0.1, -0.05) is 20.8 Å². The molecule has 0 radical (unpaired) electrons. The molecule has 0 bridgehead atoms. The molecular weight excluding hydrogens is 354 g/mol. The molecule has 0 saturated carbocycles. The predicted molar refractivity (Wildman–Crippen MR) is 99.1 cm³/mol. The number of aromatic nitrogens is 1. The monoisotopic (exact) mass is 379 g/mol. The fourth-order valence-electron chi connectivity index (χ4n) is 2.42. The Balaban J connectivity index is 1.67. The summed E-state index contributed by atoms with van der Waals surface area (Å²) in [5.74, 6) is 0.937. The van der Waals surface area contributed by atoms with Crippen molar-refractivity contribution in [2.24, 2.45) is 0 Å². The van der Waals surface area contributed by atoms with Crippen molar-refractivity contribution in [2.75, 3.05) is 30.0 Å². The van der Waals surface area contributed by atoms with Crippen LogP contribution in [0.4, 0.5) is 16.4 Å². The van der Waals surface area contributed by atoms with Crippen molar-refractivity contribution in [3.05, 3.63) is 12.1 Å². The fourth-order valence-corrected chi connectivity index (χ4v) is 3.45. The average Bonchev–Trinajstić information content (AvgIpc) is 2.92. The molecular formula is C17H25N3O5Si. The lowest BCUT2D eigenvalue weighted by molar-refractivity contribution is -0.118. The number of carbonyl (C=O) groups is 2. The smallest absolute Gasteiger partial charge is 0.416 e. The third kappa shape index (κ3) is 3.68. The standard InChI is InChI=1S/C17H25N3O5Si/c1-17(2,3)26(4,5)24-9-11-8-20(16(22)25-11)13-7-6-12-15(18-13)19-14(21)10-23-12/h6-7,11H,8-10H2,1-5H3,(H,18,19,21)/t11-/m1/s1. The second kappa shape index (κ2) is 6.55. The van der Waals surface area contributed by atoms with Gasteiger partial charge in [-0.3, -0.25) is 9.69 Å². The number of nitrogens with one attached hydrogen (secondary N) is 1. The molecule has 2 aliphatic heterocycles. The third-order valence-corrected chi connectivity index (χ3v) is 9.55. The van der Waals surface area contributed by atoms with E-state index in [-0.39, 0.29) is 23.7 Å². The Morgan fingerprint density at radius 3 is 2.77 bits per heavy atom. The molecule has 2 amide bonds. The van der Waals surface area contributed by atoms with Gasteiger partial charge < -0.3 is 19.2 Å². The minimum Gasteiger partial charge on any atom is -0.480 e. The normalized spacial score (nSPS) is 20.3. The zero-order valence-corrected chi connectivity index (χ0v) is 16.8. The van der Waals surface area contributed by atoms with Crippen LogP contribution in [0.25, 0.3) is 0 Å². The molecule has 3 heterocycles. The van der Waals surface area contributed by atoms with Crippen molar-refractivity contribution >= 4 is 32.0 Å². The maximum Gasteiger partial charge on any atom is 0.416 e. The van der Waals surface area contributed by atoms with Gasteiger partial charge in [0.1, 0.15) is 11.9 Å². The average molecular weight is 379 g/mol. The third-order valence-electron chi connectivity index (χ3n) is 5.05. The lowest BCUT2D eigenvalue weighted by atomic mass is 10.2. The Kier molecular flexibility index (Phi) is 4.70. The van der Waals surface area contributed by atoms with Gasteiger partial charge in [-0.15, -0.1) is 0 Å². The molecule has 26 heavy (non-hydrogen) atoms. The number of hydrogen-bond acceptors (Lipinski definition) is 6. The fraction of sp³-hybridized carbons (Fsp3) is 0.588. The summed E-state index contributed by atoms with van der Waals surface area (Å²) in [5.41, 5.74) is 0. The zero-order valence-electron chi connectivity index (χ0n) is 15.8. The van der Waals surface area contributed by atoms with Crippen LogP contribution in [0.3, 0.4) is 0 Å². The molecule has 0 unspecified atom stereocenters. The molecule has 1 aromatic heterocycles. The molecule has 1 atom stereocenters. The van der Waals surface area contributed by atoms with E-state index in [9.17, 15) is 9.59 Å². The predicted octanol–water partition coefficient (Wildman–Crippen LogP) is 2.76. The van der Waals surface area contributed by atoms with Gasteiger partial charge in [0, 0.05) is 0 Å². The van der Waals surface area contributed by atoms with Crippen LogP contribution in [0.15, 0.2) is 12.1 Å². The summed E-state index contributed by atoms with van der Waals surface area (Å²) in [6.07, 6.45) is -0.815. The van der Waals surface area contributed by atoms with Crippen LogP contribution < -0.4 is 15.0 Å². The Bertz CT molecular complexity index is 732. The van der Waals surface area contributed by atoms with E-state index in [1.54, 1.807) is 12.1 Å². The molecule has 2 aliphatic rings. The van der Waals surface area contributed by atoms with E-state index in [2.05, 4.69) is 44.2 Å². The molecule has 142 valence electrons. The first-order chi connectivity index (χ1) is 12.1. The molecule has 8 nitrogen and oxygen atoms in total. The summed E-state index contributed by atoms with van der Waals surface area (Å²) in [7, 11) is -1.91. The van der Waals surface area contributed by atoms with Gasteiger partial charge in [0.2, 0.25) is 0 Å². The molecule has 1 N–H and O–H groups in total. The van der Waals surface area contributed by atoms with Crippen molar-refractivity contribution in [3.63, 3.8) is 0 Å². The van der Waals surface area contributed by atoms with Gasteiger partial charge in [-0.2, -0.15) is 0 Å². The number of anilines is 2. The summed E-state index contributed by atoms with van der Waals surface area (Å²) < 4.78 is 16.9. The Hall–Kier alpha value is -2.13. The van der Waals surface area contributed by atoms with E-state index in [0.717, 1.165) is 0 Å². The van der Waals surface area contributed by atoms with Gasteiger partial charge in [0.05, 0.1) is 13.2 Å². The topological polar surface area (TPSA) is 90.0 Å². The first-order valence-electron chi connectivity index (χ1n) is 8.63. The van der Waals surface area contributed by atoms with Crippen LogP contribution in [-0.2, 0) is 14.0 Å². The number of cyclic esters (lactones) is 1. The Morgan fingerprint density at radius 2 is 2.08 bits per heavy atom. The number of hydrogen-bond donors (Lipinski definition) is 1. The van der Waals surface area contributed by atoms with E-state index < -0.39 is 14.4 Å². The van der Waals surface area contributed by atoms with Crippen molar-refractivity contribution in [1.82, 2.24) is 4.98 Å². The first kappa shape index (κ1) is 18.7. The largest absolute Gasteiger partial charge is 0.480 e. The highest BCUT2D eigenvalue weighted by Crippen LogP contribution is 2.37. The van der Waals surface area contributed by atoms with Crippen LogP contribution >= 0.6 is 0 Å². The summed E-state index contributed by atoms with van der Waals surface area (Å²) >= 11 is 0. The molecule has 3 rings (SSSR count). The summed E-state index contributed by atoms with van der Waals surface area (Å²) in [5, 5.41) is 2.73. The zero-order chi connectivity index (χ0) is 19.1. The summed E-state index contributed by atoms with van der Waals surface area (Å²) in [6.45, 7) is 11.5. The molecule has 0 aliphatic carbocycles. The number of nitrogens with zero attached hydrogens (tertiary/aromatic N) is 2. The van der Waals surface area contributed by atoms with E-state index in [4.69, 9.17) is 13.9 Å². The van der Waals surface area contributed by atoms with E-state index in [1.165, 1.54) is 4.90 Å². The highest BCUT2D eigenvalue weighted by Gasteiger charge is 2.40. The Labute approximate surface area is 153 Å². The lowest BCUT2D eigenvalue weighted by Crippen LogP contribution is -2.43. The Morgan fingerprint density at radius 1 is 1.35 bits per heavy atom. The highest BCUT2D eigenvalue weighted by atomic mass is 28.4. The molecule has 0 spiro atoms. The van der Waals surface area contributed by atoms with Crippen LogP contribution in [-0.4, -0.2) is 51.2 Å². The lowest BCUT2D eigenvalue weighted by Gasteiger charge is -2.36. The van der Waals surface area contributed by atoms with Gasteiger partial charge >= 0.3 is 6.09 Å². The molecule has 0 aromatic carbocycles. The van der Waals surface area contributed by atoms with Crippen molar-refractivity contribution in [1.29, 1.82) is 0 Å². The summed E-state index contributed by atoms with van der Waals surface area (Å²) in [6, 6.07) is 3.36. The number of carbonyl (C=O) groups excluding carboxylic acids is 2. The van der Waals surface area contributed by atoms with Crippen molar-refractivity contribution < 1.29 is 23.5 Å². The summed E-state index contributed by atoms with van der Waals surface area (Å²) in [4.78, 5) is 29.4. The first-order valence-corrected chi connectivity index (χ1v) is 11.5. The van der Waals surface area contributed by atoms with Crippen LogP contribution in [0.1, 0.15) is 20.8 Å². The van der Waals surface area contributed by atoms with E-state index >= 15 is 0 Å². The van der Waals surface area contributed by atoms with Gasteiger partial charge in [-0.25, -0.2) is 9.78 Å². The van der Waals surface area contributed by atoms with Crippen LogP contribution in [0.2, 0.25) is 18.1 Å². The maximum atomic E-state index is 12.2.